The molecule has 4 nitrogen and oxygen atoms in total. The van der Waals surface area contributed by atoms with Gasteiger partial charge in [-0.3, -0.25) is 9.59 Å². The zero-order valence-electron chi connectivity index (χ0n) is 15.0. The molecule has 0 unspecified atom stereocenters. The summed E-state index contributed by atoms with van der Waals surface area (Å²) in [7, 11) is 0. The smallest absolute Gasteiger partial charge is 0.240 e. The average molecular weight is 336 g/mol. The number of hydrogen-bond donors (Lipinski definition) is 2. The molecule has 25 heavy (non-hydrogen) atoms. The van der Waals surface area contributed by atoms with Crippen LogP contribution in [0.2, 0.25) is 0 Å². The Morgan fingerprint density at radius 3 is 2.16 bits per heavy atom. The quantitative estimate of drug-likeness (QED) is 0.803. The van der Waals surface area contributed by atoms with Gasteiger partial charge in [-0.15, -0.1) is 0 Å². The van der Waals surface area contributed by atoms with E-state index in [1.165, 1.54) is 0 Å². The van der Waals surface area contributed by atoms with E-state index in [1.54, 1.807) is 0 Å². The standard InChI is InChI=1S/C21H24N2O2/c1-4-16-9-5-6-10-18(16)23-20(25)21(12-13-21)19(24)22-17-11-7-8-14(2)15(17)3/h5-11H,4,12-13H2,1-3H3,(H,22,24)(H,23,25). The second-order valence-electron chi connectivity index (χ2n) is 6.75. The SMILES string of the molecule is CCc1ccccc1NC(=O)C1(C(=O)Nc2cccc(C)c2C)CC1. The highest BCUT2D eigenvalue weighted by Crippen LogP contribution is 2.47. The second kappa shape index (κ2) is 6.71. The monoisotopic (exact) mass is 336 g/mol. The van der Waals surface area contributed by atoms with E-state index in [0.29, 0.717) is 12.8 Å². The highest BCUT2D eigenvalue weighted by molar-refractivity contribution is 6.17. The van der Waals surface area contributed by atoms with E-state index >= 15 is 0 Å². The van der Waals surface area contributed by atoms with E-state index in [4.69, 9.17) is 0 Å². The van der Waals surface area contributed by atoms with E-state index in [9.17, 15) is 9.59 Å². The van der Waals surface area contributed by atoms with Crippen LogP contribution in [0.4, 0.5) is 11.4 Å². The first-order chi connectivity index (χ1) is 12.0. The lowest BCUT2D eigenvalue weighted by Crippen LogP contribution is -2.36. The summed E-state index contributed by atoms with van der Waals surface area (Å²) in [6.07, 6.45) is 2.01. The van der Waals surface area contributed by atoms with Gasteiger partial charge in [0.25, 0.3) is 0 Å². The number of nitrogens with one attached hydrogen (secondary N) is 2. The Balaban J connectivity index is 1.76. The lowest BCUT2D eigenvalue weighted by Gasteiger charge is -2.18. The van der Waals surface area contributed by atoms with Gasteiger partial charge >= 0.3 is 0 Å². The molecule has 2 aromatic rings. The third-order valence-corrected chi connectivity index (χ3v) is 5.12. The maximum Gasteiger partial charge on any atom is 0.240 e. The third kappa shape index (κ3) is 3.29. The minimum absolute atomic E-state index is 0.212. The van der Waals surface area contributed by atoms with Gasteiger partial charge in [-0.2, -0.15) is 0 Å². The van der Waals surface area contributed by atoms with E-state index in [2.05, 4.69) is 10.6 Å². The summed E-state index contributed by atoms with van der Waals surface area (Å²) >= 11 is 0. The van der Waals surface area contributed by atoms with E-state index in [-0.39, 0.29) is 11.8 Å². The molecule has 1 fully saturated rings. The van der Waals surface area contributed by atoms with Gasteiger partial charge in [-0.25, -0.2) is 0 Å². The van der Waals surface area contributed by atoms with Gasteiger partial charge in [0.15, 0.2) is 0 Å². The largest absolute Gasteiger partial charge is 0.325 e. The van der Waals surface area contributed by atoms with Gasteiger partial charge in [0.1, 0.15) is 5.41 Å². The van der Waals surface area contributed by atoms with Gasteiger partial charge in [-0.05, 0) is 61.9 Å². The van der Waals surface area contributed by atoms with Crippen molar-refractivity contribution in [3.05, 3.63) is 59.2 Å². The predicted octanol–water partition coefficient (Wildman–Crippen LogP) is 4.22. The van der Waals surface area contributed by atoms with Crippen LogP contribution >= 0.6 is 0 Å². The van der Waals surface area contributed by atoms with Gasteiger partial charge < -0.3 is 10.6 Å². The molecule has 1 aliphatic rings. The summed E-state index contributed by atoms with van der Waals surface area (Å²) in [5.41, 5.74) is 3.84. The fourth-order valence-corrected chi connectivity index (χ4v) is 3.00. The highest BCUT2D eigenvalue weighted by Gasteiger charge is 2.56. The number of carbonyl (C=O) groups is 2. The molecule has 2 N–H and O–H groups in total. The van der Waals surface area contributed by atoms with Crippen LogP contribution in [-0.4, -0.2) is 11.8 Å². The van der Waals surface area contributed by atoms with Crippen molar-refractivity contribution in [3.8, 4) is 0 Å². The van der Waals surface area contributed by atoms with Crippen molar-refractivity contribution in [2.75, 3.05) is 10.6 Å². The number of hydrogen-bond acceptors (Lipinski definition) is 2. The minimum Gasteiger partial charge on any atom is -0.325 e. The lowest BCUT2D eigenvalue weighted by molar-refractivity contribution is -0.131. The number of carbonyl (C=O) groups excluding carboxylic acids is 2. The molecule has 1 saturated carbocycles. The van der Waals surface area contributed by atoms with Crippen LogP contribution in [-0.2, 0) is 16.0 Å². The first-order valence-corrected chi connectivity index (χ1v) is 8.75. The molecule has 0 spiro atoms. The van der Waals surface area contributed by atoms with Crippen LogP contribution < -0.4 is 10.6 Å². The lowest BCUT2D eigenvalue weighted by atomic mass is 10.0. The van der Waals surface area contributed by atoms with Gasteiger partial charge in [0, 0.05) is 11.4 Å². The van der Waals surface area contributed by atoms with E-state index in [1.807, 2.05) is 63.2 Å². The predicted molar refractivity (Wildman–Crippen MR) is 101 cm³/mol. The van der Waals surface area contributed by atoms with Crippen LogP contribution in [0.1, 0.15) is 36.5 Å². The van der Waals surface area contributed by atoms with E-state index < -0.39 is 5.41 Å². The van der Waals surface area contributed by atoms with Crippen molar-refractivity contribution in [2.45, 2.75) is 40.0 Å². The molecule has 0 aromatic heterocycles. The molecule has 3 rings (SSSR count). The number of anilines is 2. The Labute approximate surface area is 148 Å². The Morgan fingerprint density at radius 1 is 0.920 bits per heavy atom. The molecule has 0 aliphatic heterocycles. The van der Waals surface area contributed by atoms with Crippen LogP contribution in [0.5, 0.6) is 0 Å². The number of benzene rings is 2. The first-order valence-electron chi connectivity index (χ1n) is 8.75. The third-order valence-electron chi connectivity index (χ3n) is 5.12. The summed E-state index contributed by atoms with van der Waals surface area (Å²) in [4.78, 5) is 25.6. The number of rotatable bonds is 5. The summed E-state index contributed by atoms with van der Waals surface area (Å²) in [5, 5.41) is 5.91. The van der Waals surface area contributed by atoms with Crippen molar-refractivity contribution >= 4 is 23.2 Å². The average Bonchev–Trinajstić information content (AvgIpc) is 3.41. The van der Waals surface area contributed by atoms with Crippen LogP contribution in [0.25, 0.3) is 0 Å². The normalized spacial score (nSPS) is 14.7. The molecule has 0 radical (unpaired) electrons. The van der Waals surface area contributed by atoms with Crippen LogP contribution in [0, 0.1) is 19.3 Å². The maximum atomic E-state index is 12.8. The Hall–Kier alpha value is -2.62. The maximum absolute atomic E-state index is 12.8. The van der Waals surface area contributed by atoms with E-state index in [0.717, 1.165) is 34.5 Å². The topological polar surface area (TPSA) is 58.2 Å². The zero-order valence-corrected chi connectivity index (χ0v) is 15.0. The number of aryl methyl sites for hydroxylation is 2. The molecule has 2 aromatic carbocycles. The molecular formula is C21H24N2O2. The zero-order chi connectivity index (χ0) is 18.0. The molecular weight excluding hydrogens is 312 g/mol. The van der Waals surface area contributed by atoms with Crippen molar-refractivity contribution in [2.24, 2.45) is 5.41 Å². The molecule has 0 bridgehead atoms. The van der Waals surface area contributed by atoms with Crippen molar-refractivity contribution in [1.82, 2.24) is 0 Å². The second-order valence-corrected chi connectivity index (χ2v) is 6.75. The summed E-state index contributed by atoms with van der Waals surface area (Å²) in [6.45, 7) is 6.03. The molecule has 0 heterocycles. The molecule has 1 aliphatic carbocycles. The van der Waals surface area contributed by atoms with Crippen LogP contribution in [0.3, 0.4) is 0 Å². The minimum atomic E-state index is -0.947. The number of amides is 2. The fourth-order valence-electron chi connectivity index (χ4n) is 3.00. The van der Waals surface area contributed by atoms with Crippen molar-refractivity contribution < 1.29 is 9.59 Å². The molecule has 0 atom stereocenters. The highest BCUT2D eigenvalue weighted by atomic mass is 16.2. The Kier molecular flexibility index (Phi) is 4.62. The van der Waals surface area contributed by atoms with Gasteiger partial charge in [-0.1, -0.05) is 37.3 Å². The molecule has 4 heteroatoms. The fraction of sp³-hybridized carbons (Fsp3) is 0.333. The molecule has 0 saturated heterocycles. The molecule has 2 amide bonds. The van der Waals surface area contributed by atoms with Crippen LogP contribution in [0.15, 0.2) is 42.5 Å². The summed E-state index contributed by atoms with van der Waals surface area (Å²) in [5.74, 6) is -0.427. The summed E-state index contributed by atoms with van der Waals surface area (Å²) < 4.78 is 0. The number of para-hydroxylation sites is 1. The van der Waals surface area contributed by atoms with Crippen molar-refractivity contribution in [1.29, 1.82) is 0 Å². The summed E-state index contributed by atoms with van der Waals surface area (Å²) in [6, 6.07) is 13.5. The van der Waals surface area contributed by atoms with Gasteiger partial charge in [0.2, 0.25) is 11.8 Å². The first kappa shape index (κ1) is 17.2. The van der Waals surface area contributed by atoms with Gasteiger partial charge in [0.05, 0.1) is 0 Å². The Morgan fingerprint density at radius 2 is 1.52 bits per heavy atom. The Bertz CT molecular complexity index is 822. The van der Waals surface area contributed by atoms with Crippen molar-refractivity contribution in [3.63, 3.8) is 0 Å². The molecule has 130 valence electrons.